The molecule has 0 bridgehead atoms. The number of aromatic nitrogens is 1. The lowest BCUT2D eigenvalue weighted by Crippen LogP contribution is -2.20. The van der Waals surface area contributed by atoms with E-state index >= 15 is 0 Å². The van der Waals surface area contributed by atoms with E-state index in [0.717, 1.165) is 12.0 Å². The van der Waals surface area contributed by atoms with Gasteiger partial charge in [0.25, 0.3) is 5.91 Å². The minimum Gasteiger partial charge on any atom is -0.484 e. The number of hydrogen-bond acceptors (Lipinski definition) is 4. The van der Waals surface area contributed by atoms with Crippen molar-refractivity contribution in [1.29, 1.82) is 0 Å². The van der Waals surface area contributed by atoms with Crippen molar-refractivity contribution >= 4 is 22.7 Å². The number of hydrogen-bond donors (Lipinski definition) is 1. The lowest BCUT2D eigenvalue weighted by molar-refractivity contribution is -0.118. The molecule has 4 rings (SSSR count). The second kappa shape index (κ2) is 8.87. The third-order valence-electron chi connectivity index (χ3n) is 5.37. The van der Waals surface area contributed by atoms with E-state index in [-0.39, 0.29) is 17.9 Å². The van der Waals surface area contributed by atoms with E-state index in [2.05, 4.69) is 50.1 Å². The van der Waals surface area contributed by atoms with Gasteiger partial charge in [-0.05, 0) is 65.4 Å². The monoisotopic (exact) mass is 428 g/mol. The molecular weight excluding hydrogens is 400 g/mol. The van der Waals surface area contributed by atoms with E-state index in [0.29, 0.717) is 28.4 Å². The first-order valence-corrected chi connectivity index (χ1v) is 10.8. The summed E-state index contributed by atoms with van der Waals surface area (Å²) in [4.78, 5) is 16.9. The molecule has 0 aliphatic rings. The minimum atomic E-state index is -0.233. The van der Waals surface area contributed by atoms with Gasteiger partial charge < -0.3 is 14.5 Å². The summed E-state index contributed by atoms with van der Waals surface area (Å²) in [6.07, 6.45) is 0.989. The molecule has 0 aliphatic heterocycles. The maximum Gasteiger partial charge on any atom is 0.262 e. The predicted molar refractivity (Wildman–Crippen MR) is 128 cm³/mol. The van der Waals surface area contributed by atoms with Crippen LogP contribution in [0.5, 0.6) is 5.75 Å². The SMILES string of the molecule is CCc1ccc(-c2nc3cc(NC(=O)COc4ccc(C(C)(C)C)cc4)ccc3o2)cc1. The molecule has 164 valence electrons. The number of anilines is 1. The third-order valence-corrected chi connectivity index (χ3v) is 5.37. The van der Waals surface area contributed by atoms with Gasteiger partial charge >= 0.3 is 0 Å². The molecule has 0 saturated heterocycles. The van der Waals surface area contributed by atoms with Gasteiger partial charge in [-0.25, -0.2) is 4.98 Å². The zero-order chi connectivity index (χ0) is 22.7. The van der Waals surface area contributed by atoms with E-state index in [1.54, 1.807) is 12.1 Å². The molecule has 5 nitrogen and oxygen atoms in total. The van der Waals surface area contributed by atoms with Gasteiger partial charge in [-0.1, -0.05) is 52.0 Å². The van der Waals surface area contributed by atoms with Crippen molar-refractivity contribution in [2.75, 3.05) is 11.9 Å². The van der Waals surface area contributed by atoms with Crippen molar-refractivity contribution < 1.29 is 13.9 Å². The highest BCUT2D eigenvalue weighted by Gasteiger charge is 2.14. The van der Waals surface area contributed by atoms with Crippen molar-refractivity contribution in [1.82, 2.24) is 4.98 Å². The molecule has 1 heterocycles. The van der Waals surface area contributed by atoms with Crippen molar-refractivity contribution in [2.24, 2.45) is 0 Å². The quantitative estimate of drug-likeness (QED) is 0.387. The summed E-state index contributed by atoms with van der Waals surface area (Å²) < 4.78 is 11.5. The number of benzene rings is 3. The Morgan fingerprint density at radius 3 is 2.38 bits per heavy atom. The Hall–Kier alpha value is -3.60. The minimum absolute atomic E-state index is 0.0687. The topological polar surface area (TPSA) is 64.4 Å². The number of nitrogens with one attached hydrogen (secondary N) is 1. The smallest absolute Gasteiger partial charge is 0.262 e. The number of carbonyl (C=O) groups excluding carboxylic acids is 1. The van der Waals surface area contributed by atoms with Crippen LogP contribution in [-0.2, 0) is 16.6 Å². The molecule has 1 aromatic heterocycles. The Kier molecular flexibility index (Phi) is 5.99. The van der Waals surface area contributed by atoms with Gasteiger partial charge in [0.1, 0.15) is 11.3 Å². The highest BCUT2D eigenvalue weighted by molar-refractivity contribution is 5.94. The first-order valence-electron chi connectivity index (χ1n) is 10.8. The first kappa shape index (κ1) is 21.6. The van der Waals surface area contributed by atoms with Gasteiger partial charge in [0.2, 0.25) is 5.89 Å². The maximum absolute atomic E-state index is 12.4. The number of aryl methyl sites for hydroxylation is 1. The Labute approximate surface area is 188 Å². The van der Waals surface area contributed by atoms with E-state index in [1.165, 1.54) is 11.1 Å². The Morgan fingerprint density at radius 1 is 1.00 bits per heavy atom. The summed E-state index contributed by atoms with van der Waals surface area (Å²) in [5.74, 6) is 0.995. The number of rotatable bonds is 6. The molecule has 0 atom stereocenters. The van der Waals surface area contributed by atoms with Crippen LogP contribution >= 0.6 is 0 Å². The van der Waals surface area contributed by atoms with Gasteiger partial charge in [0.15, 0.2) is 12.2 Å². The highest BCUT2D eigenvalue weighted by Crippen LogP contribution is 2.27. The average Bonchev–Trinajstić information content (AvgIpc) is 3.21. The van der Waals surface area contributed by atoms with Crippen LogP contribution in [0.4, 0.5) is 5.69 Å². The van der Waals surface area contributed by atoms with Crippen LogP contribution in [-0.4, -0.2) is 17.5 Å². The number of fused-ring (bicyclic) bond motifs is 1. The second-order valence-corrected chi connectivity index (χ2v) is 8.86. The van der Waals surface area contributed by atoms with Crippen LogP contribution in [0.25, 0.3) is 22.6 Å². The van der Waals surface area contributed by atoms with Crippen molar-refractivity contribution in [3.05, 3.63) is 77.9 Å². The molecule has 0 radical (unpaired) electrons. The van der Waals surface area contributed by atoms with E-state index in [1.807, 2.05) is 42.5 Å². The van der Waals surface area contributed by atoms with E-state index in [4.69, 9.17) is 9.15 Å². The number of nitrogens with zero attached hydrogens (tertiary/aromatic N) is 1. The van der Waals surface area contributed by atoms with Crippen LogP contribution < -0.4 is 10.1 Å². The molecule has 1 N–H and O–H groups in total. The molecule has 0 spiro atoms. The van der Waals surface area contributed by atoms with Gasteiger partial charge in [0.05, 0.1) is 0 Å². The fourth-order valence-corrected chi connectivity index (χ4v) is 3.41. The largest absolute Gasteiger partial charge is 0.484 e. The van der Waals surface area contributed by atoms with Gasteiger partial charge in [-0.15, -0.1) is 0 Å². The zero-order valence-electron chi connectivity index (χ0n) is 18.9. The summed E-state index contributed by atoms with van der Waals surface area (Å²) in [6.45, 7) is 8.53. The van der Waals surface area contributed by atoms with Gasteiger partial charge in [0, 0.05) is 11.3 Å². The van der Waals surface area contributed by atoms with Crippen LogP contribution in [0.1, 0.15) is 38.8 Å². The number of ether oxygens (including phenoxy) is 1. The molecule has 0 saturated carbocycles. The standard InChI is InChI=1S/C27H28N2O3/c1-5-18-6-8-19(9-7-18)26-29-23-16-21(12-15-24(23)32-26)28-25(30)17-31-22-13-10-20(11-14-22)27(2,3)4/h6-16H,5,17H2,1-4H3,(H,28,30). The molecule has 0 fully saturated rings. The molecule has 0 unspecified atom stereocenters. The van der Waals surface area contributed by atoms with Crippen LogP contribution in [0.2, 0.25) is 0 Å². The Balaban J connectivity index is 1.39. The van der Waals surface area contributed by atoms with Crippen molar-refractivity contribution in [2.45, 2.75) is 39.5 Å². The highest BCUT2D eigenvalue weighted by atomic mass is 16.5. The molecule has 0 aliphatic carbocycles. The lowest BCUT2D eigenvalue weighted by atomic mass is 9.87. The summed E-state index contributed by atoms with van der Waals surface area (Å²) in [7, 11) is 0. The third kappa shape index (κ3) is 4.99. The van der Waals surface area contributed by atoms with Crippen LogP contribution in [0, 0.1) is 0 Å². The summed E-state index contributed by atoms with van der Waals surface area (Å²) in [6, 6.07) is 21.4. The molecule has 5 heteroatoms. The summed E-state index contributed by atoms with van der Waals surface area (Å²) in [5.41, 5.74) is 5.50. The number of carbonyl (C=O) groups is 1. The summed E-state index contributed by atoms with van der Waals surface area (Å²) in [5, 5.41) is 2.86. The molecule has 4 aromatic rings. The fourth-order valence-electron chi connectivity index (χ4n) is 3.41. The fraction of sp³-hybridized carbons (Fsp3) is 0.259. The van der Waals surface area contributed by atoms with Crippen LogP contribution in [0.3, 0.4) is 0 Å². The Morgan fingerprint density at radius 2 is 1.72 bits per heavy atom. The average molecular weight is 429 g/mol. The Bertz CT molecular complexity index is 1220. The number of oxazole rings is 1. The molecule has 32 heavy (non-hydrogen) atoms. The lowest BCUT2D eigenvalue weighted by Gasteiger charge is -2.19. The second-order valence-electron chi connectivity index (χ2n) is 8.86. The molecule has 3 aromatic carbocycles. The first-order chi connectivity index (χ1) is 15.3. The molecular formula is C27H28N2O3. The zero-order valence-corrected chi connectivity index (χ0v) is 18.9. The van der Waals surface area contributed by atoms with Crippen molar-refractivity contribution in [3.8, 4) is 17.2 Å². The number of amides is 1. The van der Waals surface area contributed by atoms with Gasteiger partial charge in [-0.2, -0.15) is 0 Å². The van der Waals surface area contributed by atoms with Crippen LogP contribution in [0.15, 0.2) is 71.1 Å². The van der Waals surface area contributed by atoms with Crippen molar-refractivity contribution in [3.63, 3.8) is 0 Å². The predicted octanol–water partition coefficient (Wildman–Crippen LogP) is 6.37. The van der Waals surface area contributed by atoms with E-state index < -0.39 is 0 Å². The maximum atomic E-state index is 12.4. The van der Waals surface area contributed by atoms with Gasteiger partial charge in [-0.3, -0.25) is 4.79 Å². The molecule has 1 amide bonds. The normalized spacial score (nSPS) is 11.5. The van der Waals surface area contributed by atoms with E-state index in [9.17, 15) is 4.79 Å². The summed E-state index contributed by atoms with van der Waals surface area (Å²) >= 11 is 0.